The number of rotatable bonds is 3. The number of aromatic nitrogens is 2. The highest BCUT2D eigenvalue weighted by molar-refractivity contribution is 9.10. The van der Waals surface area contributed by atoms with Crippen LogP contribution >= 0.6 is 27.3 Å². The third kappa shape index (κ3) is 2.64. The zero-order valence-corrected chi connectivity index (χ0v) is 16.3. The molecule has 0 aliphatic rings. The minimum Gasteiger partial charge on any atom is -0.284 e. The largest absolute Gasteiger partial charge is 0.351 e. The molecule has 0 radical (unpaired) electrons. The molecule has 0 amide bonds. The van der Waals surface area contributed by atoms with Crippen molar-refractivity contribution < 1.29 is 9.36 Å². The molecule has 2 heterocycles. The molecule has 4 aromatic rings. The summed E-state index contributed by atoms with van der Waals surface area (Å²) in [6.45, 7) is 4.05. The summed E-state index contributed by atoms with van der Waals surface area (Å²) in [5.41, 5.74) is 4.50. The third-order valence-corrected chi connectivity index (χ3v) is 5.87. The molecule has 0 aliphatic carbocycles. The Morgan fingerprint density at radius 3 is 2.40 bits per heavy atom. The summed E-state index contributed by atoms with van der Waals surface area (Å²) in [5.74, 6) is 0.0467. The number of hydrogen-bond donors (Lipinski definition) is 0. The molecule has 0 fully saturated rings. The molecule has 0 spiro atoms. The summed E-state index contributed by atoms with van der Waals surface area (Å²) < 4.78 is 5.25. The van der Waals surface area contributed by atoms with E-state index in [0.29, 0.717) is 5.56 Å². The molecule has 0 bridgehead atoms. The van der Waals surface area contributed by atoms with Gasteiger partial charge in [-0.15, -0.1) is 0 Å². The normalized spacial score (nSPS) is 11.2. The lowest BCUT2D eigenvalue weighted by Gasteiger charge is -2.00. The summed E-state index contributed by atoms with van der Waals surface area (Å²) in [6, 6.07) is 17.6. The van der Waals surface area contributed by atoms with Gasteiger partial charge >= 0.3 is 4.96 Å². The quantitative estimate of drug-likeness (QED) is 0.348. The van der Waals surface area contributed by atoms with E-state index in [1.807, 2.05) is 56.3 Å². The van der Waals surface area contributed by atoms with Crippen LogP contribution in [-0.4, -0.2) is 10.2 Å². The predicted molar refractivity (Wildman–Crippen MR) is 104 cm³/mol. The van der Waals surface area contributed by atoms with Gasteiger partial charge in [0.25, 0.3) is 0 Å². The number of fused-ring (bicyclic) bond motifs is 1. The Balaban J connectivity index is 2.00. The molecule has 0 unspecified atom stereocenters. The van der Waals surface area contributed by atoms with Gasteiger partial charge in [0.05, 0.1) is 0 Å². The summed E-state index contributed by atoms with van der Waals surface area (Å²) in [4.78, 5) is 14.2. The fraction of sp³-hybridized carbons (Fsp3) is 0.100. The molecule has 0 saturated heterocycles. The monoisotopic (exact) mass is 411 g/mol. The van der Waals surface area contributed by atoms with E-state index in [4.69, 9.17) is 0 Å². The van der Waals surface area contributed by atoms with Crippen molar-refractivity contribution in [2.75, 3.05) is 0 Å². The van der Waals surface area contributed by atoms with Gasteiger partial charge in [-0.2, -0.15) is 8.97 Å². The molecule has 2 aromatic heterocycles. The highest BCUT2D eigenvalue weighted by Gasteiger charge is 2.32. The average Bonchev–Trinajstić information content (AvgIpc) is 3.13. The molecule has 4 rings (SSSR count). The van der Waals surface area contributed by atoms with E-state index in [1.54, 1.807) is 11.3 Å². The molecular weight excluding hydrogens is 396 g/mol. The van der Waals surface area contributed by atoms with E-state index in [-0.39, 0.29) is 5.78 Å². The molecule has 124 valence electrons. The van der Waals surface area contributed by atoms with Gasteiger partial charge in [0.15, 0.2) is 5.69 Å². The first-order valence-electron chi connectivity index (χ1n) is 7.95. The minimum atomic E-state index is 0.0467. The number of halogens is 1. The van der Waals surface area contributed by atoms with E-state index in [2.05, 4.69) is 42.4 Å². The van der Waals surface area contributed by atoms with E-state index >= 15 is 0 Å². The van der Waals surface area contributed by atoms with Crippen molar-refractivity contribution in [3.8, 4) is 5.69 Å². The fourth-order valence-corrected chi connectivity index (χ4v) is 4.45. The number of aryl methyl sites for hydroxylation is 1. The van der Waals surface area contributed by atoms with Gasteiger partial charge < -0.3 is 0 Å². The summed E-state index contributed by atoms with van der Waals surface area (Å²) in [6.07, 6.45) is 0. The highest BCUT2D eigenvalue weighted by Crippen LogP contribution is 2.24. The maximum absolute atomic E-state index is 13.2. The maximum Gasteiger partial charge on any atom is 0.351 e. The summed E-state index contributed by atoms with van der Waals surface area (Å²) >= 11 is 5.13. The van der Waals surface area contributed by atoms with E-state index in [0.717, 1.165) is 32.2 Å². The van der Waals surface area contributed by atoms with Crippen molar-refractivity contribution in [3.05, 3.63) is 87.1 Å². The second-order valence-corrected chi connectivity index (χ2v) is 7.69. The van der Waals surface area contributed by atoms with Crippen molar-refractivity contribution in [1.29, 1.82) is 0 Å². The summed E-state index contributed by atoms with van der Waals surface area (Å²) in [5, 5.41) is 2.09. The first-order chi connectivity index (χ1) is 12.1. The number of nitrogens with zero attached hydrogens (tertiary/aromatic N) is 2. The fourth-order valence-electron chi connectivity index (χ4n) is 3.12. The Morgan fingerprint density at radius 2 is 1.72 bits per heavy atom. The van der Waals surface area contributed by atoms with E-state index in [9.17, 15) is 4.79 Å². The maximum atomic E-state index is 13.2. The molecule has 0 aliphatic heterocycles. The lowest BCUT2D eigenvalue weighted by Crippen LogP contribution is -2.32. The standard InChI is InChI=1S/C20H16BrN2OS/c1-13-12-25-20-22(13)18(19(24)15-6-4-3-5-7-15)14(2)23(20)17-10-8-16(21)9-11-17/h3-12H,1-2H3/q+1. The van der Waals surface area contributed by atoms with Gasteiger partial charge in [-0.1, -0.05) is 57.6 Å². The van der Waals surface area contributed by atoms with Gasteiger partial charge in [0, 0.05) is 22.3 Å². The smallest absolute Gasteiger partial charge is 0.284 e. The van der Waals surface area contributed by atoms with Gasteiger partial charge in [-0.25, -0.2) is 0 Å². The van der Waals surface area contributed by atoms with Crippen molar-refractivity contribution >= 4 is 38.0 Å². The predicted octanol–water partition coefficient (Wildman–Crippen LogP) is 4.89. The van der Waals surface area contributed by atoms with Crippen molar-refractivity contribution in [2.24, 2.45) is 0 Å². The second kappa shape index (κ2) is 6.24. The van der Waals surface area contributed by atoms with Crippen LogP contribution in [0, 0.1) is 13.8 Å². The van der Waals surface area contributed by atoms with Crippen molar-refractivity contribution in [2.45, 2.75) is 13.8 Å². The Morgan fingerprint density at radius 1 is 1.04 bits per heavy atom. The Kier molecular flexibility index (Phi) is 4.06. The third-order valence-electron chi connectivity index (χ3n) is 4.31. The van der Waals surface area contributed by atoms with Crippen LogP contribution < -0.4 is 4.57 Å². The number of hydrogen-bond acceptors (Lipinski definition) is 2. The number of thiazole rings is 1. The molecule has 0 N–H and O–H groups in total. The van der Waals surface area contributed by atoms with Crippen molar-refractivity contribution in [1.82, 2.24) is 4.40 Å². The molecule has 2 aromatic carbocycles. The number of imidazole rings is 1. The number of benzene rings is 2. The van der Waals surface area contributed by atoms with Crippen LogP contribution in [0.25, 0.3) is 10.6 Å². The summed E-state index contributed by atoms with van der Waals surface area (Å²) in [7, 11) is 0. The first kappa shape index (κ1) is 16.2. The SMILES string of the molecule is Cc1csc2n1c(C(=O)c1ccccc1)c(C)[n+]2-c1ccc(Br)cc1. The minimum absolute atomic E-state index is 0.0467. The van der Waals surface area contributed by atoms with E-state index < -0.39 is 0 Å². The molecular formula is C20H16BrN2OS+. The Bertz CT molecular complexity index is 1080. The molecule has 5 heteroatoms. The number of ketones is 1. The number of carbonyl (C=O) groups is 1. The van der Waals surface area contributed by atoms with Crippen molar-refractivity contribution in [3.63, 3.8) is 0 Å². The van der Waals surface area contributed by atoms with Crippen LogP contribution in [0.1, 0.15) is 27.4 Å². The second-order valence-electron chi connectivity index (χ2n) is 5.94. The van der Waals surface area contributed by atoms with Crippen LogP contribution in [0.3, 0.4) is 0 Å². The van der Waals surface area contributed by atoms with Crippen LogP contribution in [0.2, 0.25) is 0 Å². The highest BCUT2D eigenvalue weighted by atomic mass is 79.9. The van der Waals surface area contributed by atoms with E-state index in [1.165, 1.54) is 0 Å². The average molecular weight is 412 g/mol. The van der Waals surface area contributed by atoms with Gasteiger partial charge in [-0.3, -0.25) is 4.79 Å². The van der Waals surface area contributed by atoms with Gasteiger partial charge in [-0.05, 0) is 31.2 Å². The topological polar surface area (TPSA) is 25.4 Å². The van der Waals surface area contributed by atoms with Crippen LogP contribution in [-0.2, 0) is 0 Å². The number of carbonyl (C=O) groups excluding carboxylic acids is 1. The lowest BCUT2D eigenvalue weighted by atomic mass is 10.1. The Hall–Kier alpha value is -2.24. The molecule has 0 saturated carbocycles. The first-order valence-corrected chi connectivity index (χ1v) is 9.62. The van der Waals surface area contributed by atoms with Crippen LogP contribution in [0.4, 0.5) is 0 Å². The van der Waals surface area contributed by atoms with Crippen LogP contribution in [0.15, 0.2) is 64.5 Å². The molecule has 3 nitrogen and oxygen atoms in total. The molecule has 25 heavy (non-hydrogen) atoms. The lowest BCUT2D eigenvalue weighted by molar-refractivity contribution is -0.571. The Labute approximate surface area is 158 Å². The van der Waals surface area contributed by atoms with Gasteiger partial charge in [0.2, 0.25) is 11.5 Å². The zero-order chi connectivity index (χ0) is 17.6. The zero-order valence-electron chi connectivity index (χ0n) is 13.9. The van der Waals surface area contributed by atoms with Crippen LogP contribution in [0.5, 0.6) is 0 Å². The molecule has 0 atom stereocenters. The van der Waals surface area contributed by atoms with Gasteiger partial charge in [0.1, 0.15) is 11.4 Å².